The zero-order valence-corrected chi connectivity index (χ0v) is 11.2. The van der Waals surface area contributed by atoms with Gasteiger partial charge >= 0.3 is 0 Å². The van der Waals surface area contributed by atoms with E-state index in [1.54, 1.807) is 34.9 Å². The molecule has 18 heavy (non-hydrogen) atoms. The number of hydrogen-bond donors (Lipinski definition) is 1. The molecule has 6 heteroatoms. The van der Waals surface area contributed by atoms with E-state index in [1.165, 1.54) is 0 Å². The Hall–Kier alpha value is -1.29. The second kappa shape index (κ2) is 4.12. The smallest absolute Gasteiger partial charge is 0.141 e. The molecule has 0 bridgehead atoms. The van der Waals surface area contributed by atoms with Crippen LogP contribution in [0.15, 0.2) is 30.5 Å². The SMILES string of the molecule is N=c1c2c(Cl)cc(Cl)cc2nc2ccc(Cl)cn12. The molecule has 0 aliphatic heterocycles. The van der Waals surface area contributed by atoms with E-state index in [1.807, 2.05) is 0 Å². The van der Waals surface area contributed by atoms with Crippen molar-refractivity contribution in [3.63, 3.8) is 0 Å². The molecule has 0 spiro atoms. The summed E-state index contributed by atoms with van der Waals surface area (Å²) in [6.45, 7) is 0. The van der Waals surface area contributed by atoms with Crippen LogP contribution >= 0.6 is 34.8 Å². The Labute approximate surface area is 117 Å². The van der Waals surface area contributed by atoms with Crippen LogP contribution in [-0.4, -0.2) is 9.38 Å². The van der Waals surface area contributed by atoms with Gasteiger partial charge in [0, 0.05) is 11.2 Å². The molecule has 0 unspecified atom stereocenters. The Morgan fingerprint density at radius 3 is 2.61 bits per heavy atom. The van der Waals surface area contributed by atoms with Crippen molar-refractivity contribution in [3.8, 4) is 0 Å². The fourth-order valence-electron chi connectivity index (χ4n) is 1.86. The van der Waals surface area contributed by atoms with Crippen LogP contribution in [-0.2, 0) is 0 Å². The molecule has 3 nitrogen and oxygen atoms in total. The van der Waals surface area contributed by atoms with E-state index in [0.717, 1.165) is 0 Å². The minimum Gasteiger partial charge on any atom is -0.284 e. The lowest BCUT2D eigenvalue weighted by molar-refractivity contribution is 1.00. The summed E-state index contributed by atoms with van der Waals surface area (Å²) in [5, 5.41) is 10.2. The van der Waals surface area contributed by atoms with Gasteiger partial charge in [-0.05, 0) is 24.3 Å². The highest BCUT2D eigenvalue weighted by atomic mass is 35.5. The highest BCUT2D eigenvalue weighted by molar-refractivity contribution is 6.38. The monoisotopic (exact) mass is 297 g/mol. The molecule has 3 rings (SSSR count). The average Bonchev–Trinajstić information content (AvgIpc) is 2.29. The van der Waals surface area contributed by atoms with Crippen molar-refractivity contribution in [1.29, 1.82) is 5.41 Å². The molecule has 2 aromatic heterocycles. The molecule has 0 radical (unpaired) electrons. The number of aromatic nitrogens is 2. The van der Waals surface area contributed by atoms with Crippen LogP contribution in [0, 0.1) is 5.41 Å². The molecule has 0 aliphatic carbocycles. The number of fused-ring (bicyclic) bond motifs is 2. The molecule has 0 saturated carbocycles. The van der Waals surface area contributed by atoms with Crippen molar-refractivity contribution < 1.29 is 0 Å². The van der Waals surface area contributed by atoms with Gasteiger partial charge < -0.3 is 0 Å². The lowest BCUT2D eigenvalue weighted by atomic mass is 10.2. The summed E-state index contributed by atoms with van der Waals surface area (Å²) < 4.78 is 1.59. The second-order valence-electron chi connectivity index (χ2n) is 3.82. The molecule has 0 atom stereocenters. The maximum absolute atomic E-state index is 8.18. The van der Waals surface area contributed by atoms with Crippen molar-refractivity contribution >= 4 is 51.4 Å². The van der Waals surface area contributed by atoms with E-state index in [0.29, 0.717) is 31.6 Å². The lowest BCUT2D eigenvalue weighted by Crippen LogP contribution is -2.15. The molecular weight excluding hydrogens is 293 g/mol. The lowest BCUT2D eigenvalue weighted by Gasteiger charge is -2.07. The normalized spacial score (nSPS) is 11.3. The number of hydrogen-bond acceptors (Lipinski definition) is 2. The summed E-state index contributed by atoms with van der Waals surface area (Å²) in [4.78, 5) is 4.42. The third-order valence-electron chi connectivity index (χ3n) is 2.64. The van der Waals surface area contributed by atoms with Gasteiger partial charge in [-0.3, -0.25) is 9.81 Å². The van der Waals surface area contributed by atoms with Crippen LogP contribution in [0.2, 0.25) is 15.1 Å². The quantitative estimate of drug-likeness (QED) is 0.628. The standard InChI is InChI=1S/C12H6Cl3N3/c13-6-1-2-10-17-9-4-7(14)3-8(15)11(9)12(16)18(10)5-6/h1-5,16H. The van der Waals surface area contributed by atoms with Crippen LogP contribution in [0.1, 0.15) is 0 Å². The fraction of sp³-hybridized carbons (Fsp3) is 0. The largest absolute Gasteiger partial charge is 0.284 e. The van der Waals surface area contributed by atoms with Gasteiger partial charge in [0.1, 0.15) is 11.1 Å². The number of halogens is 3. The summed E-state index contributed by atoms with van der Waals surface area (Å²) >= 11 is 18.0. The van der Waals surface area contributed by atoms with Gasteiger partial charge in [-0.25, -0.2) is 4.98 Å². The molecular formula is C12H6Cl3N3. The average molecular weight is 299 g/mol. The van der Waals surface area contributed by atoms with Gasteiger partial charge in [0.25, 0.3) is 0 Å². The number of pyridine rings is 1. The van der Waals surface area contributed by atoms with Crippen LogP contribution in [0.25, 0.3) is 16.6 Å². The van der Waals surface area contributed by atoms with Gasteiger partial charge in [0.05, 0.1) is 20.9 Å². The van der Waals surface area contributed by atoms with Crippen LogP contribution in [0.3, 0.4) is 0 Å². The predicted octanol–water partition coefficient (Wildman–Crippen LogP) is 3.93. The molecule has 1 N–H and O–H groups in total. The van der Waals surface area contributed by atoms with Gasteiger partial charge in [-0.1, -0.05) is 34.8 Å². The first-order valence-electron chi connectivity index (χ1n) is 5.07. The van der Waals surface area contributed by atoms with Crippen LogP contribution in [0.4, 0.5) is 0 Å². The summed E-state index contributed by atoms with van der Waals surface area (Å²) in [5.41, 5.74) is 1.45. The second-order valence-corrected chi connectivity index (χ2v) is 5.10. The van der Waals surface area contributed by atoms with Crippen molar-refractivity contribution in [2.75, 3.05) is 0 Å². The Morgan fingerprint density at radius 1 is 1.06 bits per heavy atom. The molecule has 90 valence electrons. The highest BCUT2D eigenvalue weighted by Crippen LogP contribution is 2.24. The minimum absolute atomic E-state index is 0.235. The number of benzene rings is 1. The number of rotatable bonds is 0. The summed E-state index contributed by atoms with van der Waals surface area (Å²) in [6.07, 6.45) is 1.64. The Kier molecular flexibility index (Phi) is 2.70. The maximum atomic E-state index is 8.18. The van der Waals surface area contributed by atoms with E-state index >= 15 is 0 Å². The van der Waals surface area contributed by atoms with E-state index < -0.39 is 0 Å². The molecule has 0 saturated heterocycles. The van der Waals surface area contributed by atoms with Gasteiger partial charge in [0.2, 0.25) is 0 Å². The Bertz CT molecular complexity index is 839. The van der Waals surface area contributed by atoms with E-state index in [4.69, 9.17) is 40.2 Å². The van der Waals surface area contributed by atoms with Crippen molar-refractivity contribution in [2.24, 2.45) is 0 Å². The van der Waals surface area contributed by atoms with Crippen LogP contribution in [0.5, 0.6) is 0 Å². The fourth-order valence-corrected chi connectivity index (χ4v) is 2.60. The van der Waals surface area contributed by atoms with E-state index in [2.05, 4.69) is 4.98 Å². The zero-order valence-electron chi connectivity index (χ0n) is 8.92. The molecule has 2 heterocycles. The number of nitrogens with one attached hydrogen (secondary N) is 1. The third-order valence-corrected chi connectivity index (χ3v) is 3.38. The van der Waals surface area contributed by atoms with Gasteiger partial charge in [-0.2, -0.15) is 0 Å². The highest BCUT2D eigenvalue weighted by Gasteiger charge is 2.08. The minimum atomic E-state index is 0.235. The molecule has 0 fully saturated rings. The maximum Gasteiger partial charge on any atom is 0.141 e. The Morgan fingerprint density at radius 2 is 1.83 bits per heavy atom. The third kappa shape index (κ3) is 1.75. The molecule has 0 aliphatic rings. The Balaban J connectivity index is 2.61. The summed E-state index contributed by atoms with van der Waals surface area (Å²) in [5.74, 6) is 0. The zero-order chi connectivity index (χ0) is 12.9. The van der Waals surface area contributed by atoms with E-state index in [-0.39, 0.29) is 5.49 Å². The van der Waals surface area contributed by atoms with Crippen molar-refractivity contribution in [3.05, 3.63) is 51.0 Å². The van der Waals surface area contributed by atoms with Gasteiger partial charge in [-0.15, -0.1) is 0 Å². The van der Waals surface area contributed by atoms with Crippen LogP contribution < -0.4 is 5.49 Å². The topological polar surface area (TPSA) is 41.2 Å². The van der Waals surface area contributed by atoms with E-state index in [9.17, 15) is 0 Å². The summed E-state index contributed by atoms with van der Waals surface area (Å²) in [6, 6.07) is 6.76. The van der Waals surface area contributed by atoms with Crippen molar-refractivity contribution in [2.45, 2.75) is 0 Å². The summed E-state index contributed by atoms with van der Waals surface area (Å²) in [7, 11) is 0. The first-order chi connectivity index (χ1) is 8.56. The molecule has 1 aromatic carbocycles. The first kappa shape index (κ1) is 11.8. The molecule has 3 aromatic rings. The predicted molar refractivity (Wildman–Crippen MR) is 73.6 cm³/mol. The number of nitrogens with zero attached hydrogens (tertiary/aromatic N) is 2. The molecule has 0 amide bonds. The van der Waals surface area contributed by atoms with Gasteiger partial charge in [0.15, 0.2) is 0 Å². The first-order valence-corrected chi connectivity index (χ1v) is 6.21. The van der Waals surface area contributed by atoms with Crippen molar-refractivity contribution in [1.82, 2.24) is 9.38 Å².